The molecule has 0 aromatic carbocycles. The van der Waals surface area contributed by atoms with Crippen LogP contribution in [-0.4, -0.2) is 29.1 Å². The molecule has 1 aromatic rings. The van der Waals surface area contributed by atoms with E-state index in [0.717, 1.165) is 5.69 Å². The fourth-order valence-electron chi connectivity index (χ4n) is 1.82. The van der Waals surface area contributed by atoms with Gasteiger partial charge in [-0.25, -0.2) is 0 Å². The Kier molecular flexibility index (Phi) is 5.96. The summed E-state index contributed by atoms with van der Waals surface area (Å²) in [7, 11) is 0. The molecule has 0 saturated carbocycles. The molecule has 1 unspecified atom stereocenters. The van der Waals surface area contributed by atoms with E-state index in [9.17, 15) is 9.90 Å². The number of nitrogens with zero attached hydrogens (tertiary/aromatic N) is 1. The van der Waals surface area contributed by atoms with Crippen molar-refractivity contribution >= 4 is 5.91 Å². The molecule has 0 fully saturated rings. The van der Waals surface area contributed by atoms with Crippen molar-refractivity contribution in [1.29, 1.82) is 0 Å². The summed E-state index contributed by atoms with van der Waals surface area (Å²) in [6.45, 7) is 6.63. The summed E-state index contributed by atoms with van der Waals surface area (Å²) >= 11 is 0. The standard InChI is InChI=1S/C15H24N2O2/c1-15(2,3)9-14(19)17-10-12(11-18)8-13-6-4-5-7-16-13/h4-7,12,18H,8-11H2,1-3H3,(H,17,19). The Hall–Kier alpha value is -1.42. The minimum atomic E-state index is -0.0141. The van der Waals surface area contributed by atoms with Crippen molar-refractivity contribution in [1.82, 2.24) is 10.3 Å². The van der Waals surface area contributed by atoms with Gasteiger partial charge in [-0.05, 0) is 24.0 Å². The molecular formula is C15H24N2O2. The van der Waals surface area contributed by atoms with Crippen molar-refractivity contribution in [2.45, 2.75) is 33.6 Å². The normalized spacial score (nSPS) is 13.1. The molecular weight excluding hydrogens is 240 g/mol. The number of amides is 1. The van der Waals surface area contributed by atoms with E-state index in [-0.39, 0.29) is 23.8 Å². The topological polar surface area (TPSA) is 62.2 Å². The fraction of sp³-hybridized carbons (Fsp3) is 0.600. The molecule has 1 atom stereocenters. The zero-order valence-electron chi connectivity index (χ0n) is 12.0. The van der Waals surface area contributed by atoms with Gasteiger partial charge in [0, 0.05) is 37.4 Å². The molecule has 0 aliphatic rings. The van der Waals surface area contributed by atoms with E-state index in [0.29, 0.717) is 19.4 Å². The van der Waals surface area contributed by atoms with Crippen LogP contribution >= 0.6 is 0 Å². The quantitative estimate of drug-likeness (QED) is 0.823. The van der Waals surface area contributed by atoms with Crippen LogP contribution in [0.3, 0.4) is 0 Å². The van der Waals surface area contributed by atoms with Crippen molar-refractivity contribution in [3.05, 3.63) is 30.1 Å². The second-order valence-corrected chi connectivity index (χ2v) is 6.12. The summed E-state index contributed by atoms with van der Waals surface area (Å²) in [5, 5.41) is 12.2. The molecule has 4 nitrogen and oxygen atoms in total. The first-order chi connectivity index (χ1) is 8.90. The third-order valence-electron chi connectivity index (χ3n) is 2.76. The lowest BCUT2D eigenvalue weighted by molar-refractivity contribution is -0.123. The van der Waals surface area contributed by atoms with Gasteiger partial charge in [-0.3, -0.25) is 9.78 Å². The van der Waals surface area contributed by atoms with Gasteiger partial charge in [0.1, 0.15) is 0 Å². The van der Waals surface area contributed by atoms with Crippen LogP contribution in [0.1, 0.15) is 32.9 Å². The summed E-state index contributed by atoms with van der Waals surface area (Å²) in [6, 6.07) is 5.72. The highest BCUT2D eigenvalue weighted by atomic mass is 16.3. The molecule has 0 aliphatic heterocycles. The minimum Gasteiger partial charge on any atom is -0.396 e. The molecule has 1 aromatic heterocycles. The number of carbonyl (C=O) groups is 1. The van der Waals surface area contributed by atoms with Gasteiger partial charge in [-0.2, -0.15) is 0 Å². The first kappa shape index (κ1) is 15.6. The number of aliphatic hydroxyl groups is 1. The Morgan fingerprint density at radius 2 is 2.16 bits per heavy atom. The van der Waals surface area contributed by atoms with Crippen molar-refractivity contribution in [2.75, 3.05) is 13.2 Å². The largest absolute Gasteiger partial charge is 0.396 e. The molecule has 2 N–H and O–H groups in total. The van der Waals surface area contributed by atoms with Gasteiger partial charge >= 0.3 is 0 Å². The maximum Gasteiger partial charge on any atom is 0.220 e. The average Bonchev–Trinajstić information content (AvgIpc) is 2.33. The van der Waals surface area contributed by atoms with Crippen LogP contribution in [0.15, 0.2) is 24.4 Å². The van der Waals surface area contributed by atoms with E-state index in [1.54, 1.807) is 6.20 Å². The Balaban J connectivity index is 2.39. The molecule has 0 spiro atoms. The van der Waals surface area contributed by atoms with Gasteiger partial charge < -0.3 is 10.4 Å². The molecule has 106 valence electrons. The lowest BCUT2D eigenvalue weighted by atomic mass is 9.92. The number of pyridine rings is 1. The lowest BCUT2D eigenvalue weighted by Gasteiger charge is -2.19. The summed E-state index contributed by atoms with van der Waals surface area (Å²) in [4.78, 5) is 16.0. The average molecular weight is 264 g/mol. The molecule has 1 rings (SSSR count). The van der Waals surface area contributed by atoms with Gasteiger partial charge in [0.25, 0.3) is 0 Å². The molecule has 0 aliphatic carbocycles. The van der Waals surface area contributed by atoms with E-state index in [1.165, 1.54) is 0 Å². The molecule has 0 radical (unpaired) electrons. The fourth-order valence-corrected chi connectivity index (χ4v) is 1.82. The van der Waals surface area contributed by atoms with Gasteiger partial charge in [0.15, 0.2) is 0 Å². The maximum absolute atomic E-state index is 11.7. The number of aliphatic hydroxyl groups excluding tert-OH is 1. The molecule has 1 heterocycles. The Morgan fingerprint density at radius 3 is 2.68 bits per heavy atom. The summed E-state index contributed by atoms with van der Waals surface area (Å²) < 4.78 is 0. The Bertz CT molecular complexity index is 385. The highest BCUT2D eigenvalue weighted by Crippen LogP contribution is 2.17. The SMILES string of the molecule is CC(C)(C)CC(=O)NCC(CO)Cc1ccccn1. The van der Waals surface area contributed by atoms with Crippen LogP contribution in [0.2, 0.25) is 0 Å². The number of carbonyl (C=O) groups excluding carboxylic acids is 1. The van der Waals surface area contributed by atoms with Crippen molar-refractivity contribution in [3.8, 4) is 0 Å². The third-order valence-corrected chi connectivity index (χ3v) is 2.76. The van der Waals surface area contributed by atoms with Gasteiger partial charge in [-0.15, -0.1) is 0 Å². The molecule has 0 bridgehead atoms. The maximum atomic E-state index is 11.7. The van der Waals surface area contributed by atoms with E-state index >= 15 is 0 Å². The molecule has 0 saturated heterocycles. The smallest absolute Gasteiger partial charge is 0.220 e. The number of aromatic nitrogens is 1. The van der Waals surface area contributed by atoms with Gasteiger partial charge in [0.05, 0.1) is 0 Å². The molecule has 1 amide bonds. The zero-order valence-corrected chi connectivity index (χ0v) is 12.0. The number of nitrogens with one attached hydrogen (secondary N) is 1. The van der Waals surface area contributed by atoms with Crippen LogP contribution in [0, 0.1) is 11.3 Å². The van der Waals surface area contributed by atoms with Gasteiger partial charge in [0.2, 0.25) is 5.91 Å². The monoisotopic (exact) mass is 264 g/mol. The first-order valence-corrected chi connectivity index (χ1v) is 6.68. The predicted octanol–water partition coefficient (Wildman–Crippen LogP) is 1.78. The number of hydrogen-bond donors (Lipinski definition) is 2. The summed E-state index contributed by atoms with van der Waals surface area (Å²) in [6.07, 6.45) is 2.91. The Morgan fingerprint density at radius 1 is 1.42 bits per heavy atom. The van der Waals surface area contributed by atoms with Crippen LogP contribution in [-0.2, 0) is 11.2 Å². The van der Waals surface area contributed by atoms with E-state index < -0.39 is 0 Å². The van der Waals surface area contributed by atoms with E-state index in [1.807, 2.05) is 39.0 Å². The van der Waals surface area contributed by atoms with Crippen molar-refractivity contribution in [3.63, 3.8) is 0 Å². The third kappa shape index (κ3) is 6.91. The first-order valence-electron chi connectivity index (χ1n) is 6.68. The van der Waals surface area contributed by atoms with Crippen molar-refractivity contribution < 1.29 is 9.90 Å². The second kappa shape index (κ2) is 7.24. The second-order valence-electron chi connectivity index (χ2n) is 6.12. The highest BCUT2D eigenvalue weighted by Gasteiger charge is 2.17. The molecule has 19 heavy (non-hydrogen) atoms. The zero-order chi connectivity index (χ0) is 14.3. The van der Waals surface area contributed by atoms with Crippen LogP contribution < -0.4 is 5.32 Å². The summed E-state index contributed by atoms with van der Waals surface area (Å²) in [5.74, 6) is 0.0470. The predicted molar refractivity (Wildman–Crippen MR) is 75.6 cm³/mol. The molecule has 4 heteroatoms. The minimum absolute atomic E-state index is 0.0128. The van der Waals surface area contributed by atoms with E-state index in [4.69, 9.17) is 0 Å². The summed E-state index contributed by atoms with van der Waals surface area (Å²) in [5.41, 5.74) is 0.923. The Labute approximate surface area is 115 Å². The van der Waals surface area contributed by atoms with E-state index in [2.05, 4.69) is 10.3 Å². The van der Waals surface area contributed by atoms with Crippen LogP contribution in [0.25, 0.3) is 0 Å². The van der Waals surface area contributed by atoms with Crippen molar-refractivity contribution in [2.24, 2.45) is 11.3 Å². The lowest BCUT2D eigenvalue weighted by Crippen LogP contribution is -2.33. The highest BCUT2D eigenvalue weighted by molar-refractivity contribution is 5.76. The number of hydrogen-bond acceptors (Lipinski definition) is 3. The van der Waals surface area contributed by atoms with Gasteiger partial charge in [-0.1, -0.05) is 26.8 Å². The van der Waals surface area contributed by atoms with Crippen LogP contribution in [0.4, 0.5) is 0 Å². The van der Waals surface area contributed by atoms with Crippen LogP contribution in [0.5, 0.6) is 0 Å². The number of rotatable bonds is 6.